The summed E-state index contributed by atoms with van der Waals surface area (Å²) in [5.41, 5.74) is 2.93. The quantitative estimate of drug-likeness (QED) is 0.361. The molecule has 0 spiro atoms. The predicted molar refractivity (Wildman–Crippen MR) is 187 cm³/mol. The number of imide groups is 2. The number of aromatic nitrogens is 1. The number of nitrogens with zero attached hydrogens (tertiary/aromatic N) is 4. The highest BCUT2D eigenvalue weighted by Crippen LogP contribution is 2.53. The lowest BCUT2D eigenvalue weighted by molar-refractivity contribution is -0.136. The van der Waals surface area contributed by atoms with Crippen molar-refractivity contribution < 1.29 is 24.0 Å². The standard InChI is InChI=1S/C39H46N6O5/c1-38(2)23-39(3,4)37(38)42-33(47)30-10-7-25(22-40-30)6-5-24-13-17-43(18-14-24)26-15-19-44(20-16-26)27-8-9-28-29(21-27)36(50)45(35(28)49)31-11-12-32(46)41-34(31)48/h7-10,21-22,24,26,31,37H,11-20,23H2,1-4H3,(H,42,47)(H,41,46,48). The van der Waals surface area contributed by atoms with Crippen LogP contribution in [0.3, 0.4) is 0 Å². The fourth-order valence-corrected chi connectivity index (χ4v) is 9.24. The number of nitrogens with one attached hydrogen (secondary N) is 2. The molecule has 50 heavy (non-hydrogen) atoms. The normalized spacial score (nSPS) is 24.3. The van der Waals surface area contributed by atoms with Gasteiger partial charge in [0.15, 0.2) is 0 Å². The van der Waals surface area contributed by atoms with Gasteiger partial charge in [0.2, 0.25) is 11.8 Å². The predicted octanol–water partition coefficient (Wildman–Crippen LogP) is 3.77. The molecule has 2 N–H and O–H groups in total. The van der Waals surface area contributed by atoms with Crippen LogP contribution in [0.4, 0.5) is 5.69 Å². The largest absolute Gasteiger partial charge is 0.371 e. The van der Waals surface area contributed by atoms with Gasteiger partial charge in [0.25, 0.3) is 17.7 Å². The third-order valence-corrected chi connectivity index (χ3v) is 11.5. The van der Waals surface area contributed by atoms with E-state index in [1.807, 2.05) is 12.1 Å². The molecular weight excluding hydrogens is 632 g/mol. The van der Waals surface area contributed by atoms with Crippen molar-refractivity contribution in [2.45, 2.75) is 90.8 Å². The molecule has 2 aromatic rings. The summed E-state index contributed by atoms with van der Waals surface area (Å²) in [5, 5.41) is 5.44. The average molecular weight is 679 g/mol. The molecule has 11 nitrogen and oxygen atoms in total. The maximum absolute atomic E-state index is 13.3. The molecule has 5 amide bonds. The van der Waals surface area contributed by atoms with E-state index in [9.17, 15) is 24.0 Å². The summed E-state index contributed by atoms with van der Waals surface area (Å²) in [6, 6.07) is 8.65. The van der Waals surface area contributed by atoms with Gasteiger partial charge in [-0.2, -0.15) is 0 Å². The molecular formula is C39H46N6O5. The molecule has 5 aliphatic rings. The molecule has 0 bridgehead atoms. The maximum atomic E-state index is 13.3. The van der Waals surface area contributed by atoms with Gasteiger partial charge >= 0.3 is 0 Å². The van der Waals surface area contributed by atoms with Gasteiger partial charge in [0.05, 0.1) is 11.1 Å². The number of amides is 5. The number of rotatable bonds is 5. The second-order valence-corrected chi connectivity index (χ2v) is 16.0. The second kappa shape index (κ2) is 13.0. The molecule has 1 aliphatic carbocycles. The number of hydrogen-bond acceptors (Lipinski definition) is 8. The van der Waals surface area contributed by atoms with Gasteiger partial charge in [0.1, 0.15) is 11.7 Å². The minimum absolute atomic E-state index is 0.0823. The van der Waals surface area contributed by atoms with Crippen LogP contribution in [-0.4, -0.2) is 88.6 Å². The summed E-state index contributed by atoms with van der Waals surface area (Å²) in [5.74, 6) is 4.98. The van der Waals surface area contributed by atoms with Crippen LogP contribution in [0.5, 0.6) is 0 Å². The van der Waals surface area contributed by atoms with Crippen LogP contribution in [0.15, 0.2) is 36.5 Å². The van der Waals surface area contributed by atoms with Crippen molar-refractivity contribution in [1.29, 1.82) is 0 Å². The van der Waals surface area contributed by atoms with Crippen molar-refractivity contribution in [3.63, 3.8) is 0 Å². The Hall–Kier alpha value is -4.56. The van der Waals surface area contributed by atoms with E-state index in [0.29, 0.717) is 28.8 Å². The van der Waals surface area contributed by atoms with Crippen LogP contribution in [0.1, 0.15) is 109 Å². The van der Waals surface area contributed by atoms with Crippen molar-refractivity contribution in [3.05, 3.63) is 58.9 Å². The third-order valence-electron chi connectivity index (χ3n) is 11.5. The van der Waals surface area contributed by atoms with Crippen LogP contribution in [0, 0.1) is 28.6 Å². The van der Waals surface area contributed by atoms with Crippen LogP contribution in [-0.2, 0) is 9.59 Å². The molecule has 4 aliphatic heterocycles. The van der Waals surface area contributed by atoms with Crippen LogP contribution < -0.4 is 15.5 Å². The molecule has 1 aromatic heterocycles. The first-order valence-electron chi connectivity index (χ1n) is 17.9. The number of fused-ring (bicyclic) bond motifs is 1. The highest BCUT2D eigenvalue weighted by Gasteiger charge is 2.53. The first kappa shape index (κ1) is 33.9. The summed E-state index contributed by atoms with van der Waals surface area (Å²) in [6.07, 6.45) is 7.05. The Labute approximate surface area is 293 Å². The van der Waals surface area contributed by atoms with Gasteiger partial charge in [-0.25, -0.2) is 4.98 Å². The van der Waals surface area contributed by atoms with E-state index < -0.39 is 23.8 Å². The number of carbonyl (C=O) groups is 5. The molecule has 7 rings (SSSR count). The summed E-state index contributed by atoms with van der Waals surface area (Å²) in [4.78, 5) is 73.5. The van der Waals surface area contributed by atoms with Crippen molar-refractivity contribution >= 4 is 35.2 Å². The summed E-state index contributed by atoms with van der Waals surface area (Å²) >= 11 is 0. The van der Waals surface area contributed by atoms with E-state index in [1.54, 1.807) is 24.4 Å². The fraction of sp³-hybridized carbons (Fsp3) is 0.538. The zero-order valence-corrected chi connectivity index (χ0v) is 29.4. The molecule has 1 aromatic carbocycles. The SMILES string of the molecule is CC1(C)CC(C)(C)C1NC(=O)c1ccc(C#CC2CCN(C3CCN(c4ccc5c(c4)C(=O)N(C4CCC(=O)NC4=O)C5=O)CC3)CC2)cn1. The number of pyridine rings is 1. The minimum Gasteiger partial charge on any atom is -0.371 e. The van der Waals surface area contributed by atoms with Crippen molar-refractivity contribution in [2.24, 2.45) is 16.7 Å². The molecule has 262 valence electrons. The van der Waals surface area contributed by atoms with Gasteiger partial charge in [0, 0.05) is 55.0 Å². The van der Waals surface area contributed by atoms with Crippen molar-refractivity contribution in [1.82, 2.24) is 25.4 Å². The third kappa shape index (κ3) is 6.41. The lowest BCUT2D eigenvalue weighted by Gasteiger charge is -2.57. The molecule has 11 heteroatoms. The van der Waals surface area contributed by atoms with Gasteiger partial charge in [-0.05, 0) is 92.8 Å². The molecule has 1 saturated carbocycles. The monoisotopic (exact) mass is 678 g/mol. The Balaban J connectivity index is 0.881. The van der Waals surface area contributed by atoms with Gasteiger partial charge < -0.3 is 15.1 Å². The van der Waals surface area contributed by atoms with Crippen LogP contribution in [0.2, 0.25) is 0 Å². The number of hydrogen-bond donors (Lipinski definition) is 2. The first-order valence-corrected chi connectivity index (χ1v) is 17.9. The number of likely N-dealkylation sites (tertiary alicyclic amines) is 1. The lowest BCUT2D eigenvalue weighted by Crippen LogP contribution is -2.63. The molecule has 3 saturated heterocycles. The maximum Gasteiger partial charge on any atom is 0.270 e. The first-order chi connectivity index (χ1) is 23.8. The summed E-state index contributed by atoms with van der Waals surface area (Å²) < 4.78 is 0. The average Bonchev–Trinajstić information content (AvgIpc) is 3.34. The molecule has 5 heterocycles. The van der Waals surface area contributed by atoms with E-state index in [1.165, 1.54) is 0 Å². The zero-order valence-electron chi connectivity index (χ0n) is 29.4. The van der Waals surface area contributed by atoms with Gasteiger partial charge in [-0.15, -0.1) is 0 Å². The Morgan fingerprint density at radius 3 is 2.22 bits per heavy atom. The van der Waals surface area contributed by atoms with E-state index in [-0.39, 0.29) is 41.5 Å². The Bertz CT molecular complexity index is 1780. The van der Waals surface area contributed by atoms with Crippen molar-refractivity contribution in [3.8, 4) is 11.8 Å². The summed E-state index contributed by atoms with van der Waals surface area (Å²) in [7, 11) is 0. The Morgan fingerprint density at radius 2 is 1.58 bits per heavy atom. The van der Waals surface area contributed by atoms with Crippen molar-refractivity contribution in [2.75, 3.05) is 31.1 Å². The number of carbonyl (C=O) groups excluding carboxylic acids is 5. The van der Waals surface area contributed by atoms with Crippen LogP contribution in [0.25, 0.3) is 0 Å². The Kier molecular flexibility index (Phi) is 8.79. The van der Waals surface area contributed by atoms with E-state index in [2.05, 4.69) is 65.0 Å². The molecule has 1 atom stereocenters. The number of piperidine rings is 3. The van der Waals surface area contributed by atoms with Crippen LogP contribution >= 0.6 is 0 Å². The van der Waals surface area contributed by atoms with E-state index >= 15 is 0 Å². The van der Waals surface area contributed by atoms with E-state index in [4.69, 9.17) is 0 Å². The highest BCUT2D eigenvalue weighted by atomic mass is 16.2. The number of anilines is 1. The zero-order chi connectivity index (χ0) is 35.4. The smallest absolute Gasteiger partial charge is 0.270 e. The van der Waals surface area contributed by atoms with E-state index in [0.717, 1.165) is 74.4 Å². The molecule has 1 unspecified atom stereocenters. The van der Waals surface area contributed by atoms with Gasteiger partial charge in [-0.3, -0.25) is 34.2 Å². The Morgan fingerprint density at radius 1 is 0.880 bits per heavy atom. The lowest BCUT2D eigenvalue weighted by atomic mass is 9.52. The highest BCUT2D eigenvalue weighted by molar-refractivity contribution is 6.23. The minimum atomic E-state index is -0.963. The molecule has 4 fully saturated rings. The van der Waals surface area contributed by atoms with Gasteiger partial charge in [-0.1, -0.05) is 39.5 Å². The molecule has 0 radical (unpaired) electrons. The number of benzene rings is 1. The second-order valence-electron chi connectivity index (χ2n) is 16.0. The fourth-order valence-electron chi connectivity index (χ4n) is 9.24. The summed E-state index contributed by atoms with van der Waals surface area (Å²) in [6.45, 7) is 12.5. The topological polar surface area (TPSA) is 132 Å².